The zero-order valence-corrected chi connectivity index (χ0v) is 10.1. The van der Waals surface area contributed by atoms with Gasteiger partial charge in [0.05, 0.1) is 12.0 Å². The van der Waals surface area contributed by atoms with E-state index in [-0.39, 0.29) is 18.4 Å². The third-order valence-electron chi connectivity index (χ3n) is 3.77. The maximum atomic E-state index is 11.7. The van der Waals surface area contributed by atoms with E-state index in [4.69, 9.17) is 9.84 Å². The molecule has 17 heavy (non-hydrogen) atoms. The number of aliphatic carboxylic acids is 1. The summed E-state index contributed by atoms with van der Waals surface area (Å²) >= 11 is 0. The highest BCUT2D eigenvalue weighted by Gasteiger charge is 2.37. The Kier molecular flexibility index (Phi) is 3.66. The number of hydrogen-bond donors (Lipinski definition) is 1. The second-order valence-corrected chi connectivity index (χ2v) is 4.90. The SMILES string of the molecule is CCC1OCCC1CN1CC(C(=O)O)CC1=O. The van der Waals surface area contributed by atoms with Crippen LogP contribution in [-0.2, 0) is 14.3 Å². The Labute approximate surface area is 101 Å². The molecule has 1 N–H and O–H groups in total. The summed E-state index contributed by atoms with van der Waals surface area (Å²) in [6, 6.07) is 0. The van der Waals surface area contributed by atoms with E-state index in [9.17, 15) is 9.59 Å². The first-order chi connectivity index (χ1) is 8.11. The van der Waals surface area contributed by atoms with E-state index >= 15 is 0 Å². The highest BCUT2D eigenvalue weighted by Crippen LogP contribution is 2.27. The molecule has 0 aliphatic carbocycles. The van der Waals surface area contributed by atoms with Gasteiger partial charge in [0.2, 0.25) is 5.91 Å². The summed E-state index contributed by atoms with van der Waals surface area (Å²) in [7, 11) is 0. The molecule has 2 fully saturated rings. The Morgan fingerprint density at radius 2 is 2.35 bits per heavy atom. The average Bonchev–Trinajstić information content (AvgIpc) is 2.87. The predicted molar refractivity (Wildman–Crippen MR) is 60.5 cm³/mol. The van der Waals surface area contributed by atoms with Gasteiger partial charge in [0.15, 0.2) is 0 Å². The third kappa shape index (κ3) is 2.60. The molecular formula is C12H19NO4. The Bertz CT molecular complexity index is 318. The minimum absolute atomic E-state index is 0.0286. The number of rotatable bonds is 4. The zero-order valence-electron chi connectivity index (χ0n) is 10.1. The summed E-state index contributed by atoms with van der Waals surface area (Å²) in [5, 5.41) is 8.90. The molecule has 0 spiro atoms. The van der Waals surface area contributed by atoms with Gasteiger partial charge in [0, 0.05) is 32.0 Å². The van der Waals surface area contributed by atoms with Gasteiger partial charge in [-0.25, -0.2) is 0 Å². The molecule has 0 aromatic carbocycles. The normalized spacial score (nSPS) is 33.4. The van der Waals surface area contributed by atoms with Crippen LogP contribution in [0.1, 0.15) is 26.2 Å². The number of carboxylic acids is 1. The number of ether oxygens (including phenoxy) is 1. The maximum absolute atomic E-state index is 11.7. The van der Waals surface area contributed by atoms with Crippen molar-refractivity contribution in [2.24, 2.45) is 11.8 Å². The van der Waals surface area contributed by atoms with E-state index in [1.165, 1.54) is 0 Å². The summed E-state index contributed by atoms with van der Waals surface area (Å²) in [6.07, 6.45) is 2.31. The third-order valence-corrected chi connectivity index (χ3v) is 3.77. The van der Waals surface area contributed by atoms with Gasteiger partial charge < -0.3 is 14.7 Å². The van der Waals surface area contributed by atoms with Crippen LogP contribution >= 0.6 is 0 Å². The van der Waals surface area contributed by atoms with Crippen LogP contribution in [0.15, 0.2) is 0 Å². The number of hydrogen-bond acceptors (Lipinski definition) is 3. The molecule has 5 nitrogen and oxygen atoms in total. The van der Waals surface area contributed by atoms with E-state index < -0.39 is 11.9 Å². The van der Waals surface area contributed by atoms with Crippen molar-refractivity contribution in [3.05, 3.63) is 0 Å². The number of nitrogens with zero attached hydrogens (tertiary/aromatic N) is 1. The molecule has 2 aliphatic heterocycles. The molecule has 0 radical (unpaired) electrons. The minimum Gasteiger partial charge on any atom is -0.481 e. The largest absolute Gasteiger partial charge is 0.481 e. The Morgan fingerprint density at radius 3 is 2.94 bits per heavy atom. The van der Waals surface area contributed by atoms with E-state index in [0.717, 1.165) is 19.4 Å². The molecule has 0 aromatic heterocycles. The summed E-state index contributed by atoms with van der Waals surface area (Å²) in [6.45, 7) is 3.85. The number of amides is 1. The fourth-order valence-electron chi connectivity index (χ4n) is 2.75. The number of likely N-dealkylation sites (tertiary alicyclic amines) is 1. The summed E-state index contributed by atoms with van der Waals surface area (Å²) in [5.74, 6) is -1.05. The lowest BCUT2D eigenvalue weighted by Crippen LogP contribution is -2.34. The minimum atomic E-state index is -0.865. The molecule has 3 atom stereocenters. The first-order valence-electron chi connectivity index (χ1n) is 6.24. The summed E-state index contributed by atoms with van der Waals surface area (Å²) in [4.78, 5) is 24.2. The van der Waals surface area contributed by atoms with E-state index in [1.807, 2.05) is 0 Å². The molecule has 2 heterocycles. The second-order valence-electron chi connectivity index (χ2n) is 4.90. The van der Waals surface area contributed by atoms with Gasteiger partial charge in [-0.05, 0) is 12.8 Å². The molecule has 5 heteroatoms. The number of carboxylic acid groups (broad SMARTS) is 1. The van der Waals surface area contributed by atoms with Crippen molar-refractivity contribution in [3.63, 3.8) is 0 Å². The quantitative estimate of drug-likeness (QED) is 0.788. The van der Waals surface area contributed by atoms with E-state index in [2.05, 4.69) is 6.92 Å². The summed E-state index contributed by atoms with van der Waals surface area (Å²) in [5.41, 5.74) is 0. The van der Waals surface area contributed by atoms with Crippen LogP contribution in [-0.4, -0.2) is 47.7 Å². The van der Waals surface area contributed by atoms with Crippen molar-refractivity contribution in [2.45, 2.75) is 32.3 Å². The second kappa shape index (κ2) is 5.04. The molecule has 2 aliphatic rings. The Morgan fingerprint density at radius 1 is 1.59 bits per heavy atom. The lowest BCUT2D eigenvalue weighted by Gasteiger charge is -2.23. The van der Waals surface area contributed by atoms with Crippen molar-refractivity contribution >= 4 is 11.9 Å². The van der Waals surface area contributed by atoms with Gasteiger partial charge in [-0.3, -0.25) is 9.59 Å². The number of carbonyl (C=O) groups is 2. The van der Waals surface area contributed by atoms with Crippen LogP contribution in [0.5, 0.6) is 0 Å². The monoisotopic (exact) mass is 241 g/mol. The van der Waals surface area contributed by atoms with Gasteiger partial charge in [-0.1, -0.05) is 6.92 Å². The van der Waals surface area contributed by atoms with Crippen LogP contribution < -0.4 is 0 Å². The standard InChI is InChI=1S/C12H19NO4/c1-2-10-8(3-4-17-10)6-13-7-9(12(15)16)5-11(13)14/h8-10H,2-7H2,1H3,(H,15,16). The summed E-state index contributed by atoms with van der Waals surface area (Å²) < 4.78 is 5.58. The molecule has 2 saturated heterocycles. The first kappa shape index (κ1) is 12.4. The van der Waals surface area contributed by atoms with Crippen molar-refractivity contribution in [3.8, 4) is 0 Å². The molecular weight excluding hydrogens is 222 g/mol. The highest BCUT2D eigenvalue weighted by atomic mass is 16.5. The van der Waals surface area contributed by atoms with Gasteiger partial charge >= 0.3 is 5.97 Å². The Balaban J connectivity index is 1.91. The molecule has 0 bridgehead atoms. The molecule has 0 saturated carbocycles. The van der Waals surface area contributed by atoms with E-state index in [1.54, 1.807) is 4.90 Å². The maximum Gasteiger partial charge on any atom is 0.308 e. The predicted octanol–water partition coefficient (Wildman–Crippen LogP) is 0.735. The molecule has 96 valence electrons. The van der Waals surface area contributed by atoms with Crippen LogP contribution in [0, 0.1) is 11.8 Å². The van der Waals surface area contributed by atoms with Crippen LogP contribution in [0.4, 0.5) is 0 Å². The fraction of sp³-hybridized carbons (Fsp3) is 0.833. The van der Waals surface area contributed by atoms with Gasteiger partial charge in [0.25, 0.3) is 0 Å². The van der Waals surface area contributed by atoms with Crippen LogP contribution in [0.2, 0.25) is 0 Å². The smallest absolute Gasteiger partial charge is 0.308 e. The van der Waals surface area contributed by atoms with Gasteiger partial charge in [-0.15, -0.1) is 0 Å². The molecule has 3 unspecified atom stereocenters. The molecule has 2 rings (SSSR count). The average molecular weight is 241 g/mol. The van der Waals surface area contributed by atoms with Crippen LogP contribution in [0.3, 0.4) is 0 Å². The van der Waals surface area contributed by atoms with Crippen molar-refractivity contribution in [1.29, 1.82) is 0 Å². The van der Waals surface area contributed by atoms with Crippen molar-refractivity contribution in [2.75, 3.05) is 19.7 Å². The lowest BCUT2D eigenvalue weighted by molar-refractivity contribution is -0.141. The number of carbonyl (C=O) groups excluding carboxylic acids is 1. The van der Waals surface area contributed by atoms with E-state index in [0.29, 0.717) is 19.0 Å². The zero-order chi connectivity index (χ0) is 12.4. The fourth-order valence-corrected chi connectivity index (χ4v) is 2.75. The van der Waals surface area contributed by atoms with Gasteiger partial charge in [-0.2, -0.15) is 0 Å². The first-order valence-corrected chi connectivity index (χ1v) is 6.24. The van der Waals surface area contributed by atoms with Crippen molar-refractivity contribution in [1.82, 2.24) is 4.90 Å². The lowest BCUT2D eigenvalue weighted by atomic mass is 9.99. The Hall–Kier alpha value is -1.10. The van der Waals surface area contributed by atoms with Crippen molar-refractivity contribution < 1.29 is 19.4 Å². The highest BCUT2D eigenvalue weighted by molar-refractivity contribution is 5.86. The van der Waals surface area contributed by atoms with Crippen LogP contribution in [0.25, 0.3) is 0 Å². The van der Waals surface area contributed by atoms with Gasteiger partial charge in [0.1, 0.15) is 0 Å². The molecule has 0 aromatic rings. The topological polar surface area (TPSA) is 66.8 Å². The molecule has 1 amide bonds.